The minimum atomic E-state index is 0.296. The average Bonchev–Trinajstić information content (AvgIpc) is 2.35. The van der Waals surface area contributed by atoms with E-state index < -0.39 is 0 Å². The maximum atomic E-state index is 6.05. The maximum absolute atomic E-state index is 6.05. The van der Waals surface area contributed by atoms with Gasteiger partial charge in [0.15, 0.2) is 0 Å². The molecular weight excluding hydrogens is 218 g/mol. The lowest BCUT2D eigenvalue weighted by Crippen LogP contribution is -2.45. The molecule has 2 unspecified atom stereocenters. The van der Waals surface area contributed by atoms with Crippen LogP contribution >= 0.6 is 11.8 Å². The van der Waals surface area contributed by atoms with E-state index in [1.165, 1.54) is 4.90 Å². The summed E-state index contributed by atoms with van der Waals surface area (Å²) in [6.45, 7) is 5.36. The molecule has 1 aromatic rings. The third kappa shape index (κ3) is 2.53. The van der Waals surface area contributed by atoms with Crippen molar-refractivity contribution >= 4 is 11.8 Å². The van der Waals surface area contributed by atoms with Gasteiger partial charge in [-0.1, -0.05) is 26.0 Å². The molecule has 88 valence electrons. The molecule has 16 heavy (non-hydrogen) atoms. The highest BCUT2D eigenvalue weighted by Crippen LogP contribution is 2.35. The summed E-state index contributed by atoms with van der Waals surface area (Å²) < 4.78 is 6.05. The van der Waals surface area contributed by atoms with Crippen LogP contribution in [0, 0.1) is 0 Å². The molecule has 0 bridgehead atoms. The van der Waals surface area contributed by atoms with Crippen molar-refractivity contribution in [2.24, 2.45) is 0 Å². The second-order valence-electron chi connectivity index (χ2n) is 3.99. The summed E-state index contributed by atoms with van der Waals surface area (Å²) in [7, 11) is 0. The molecule has 0 saturated heterocycles. The van der Waals surface area contributed by atoms with E-state index >= 15 is 0 Å². The lowest BCUT2D eigenvalue weighted by atomic mass is 10.1. The third-order valence-corrected chi connectivity index (χ3v) is 4.03. The molecule has 1 aliphatic heterocycles. The summed E-state index contributed by atoms with van der Waals surface area (Å²) in [6, 6.07) is 8.76. The minimum Gasteiger partial charge on any atom is -0.487 e. The van der Waals surface area contributed by atoms with Crippen LogP contribution in [0.15, 0.2) is 29.2 Å². The molecule has 1 heterocycles. The molecule has 0 spiro atoms. The monoisotopic (exact) mass is 237 g/mol. The van der Waals surface area contributed by atoms with Crippen molar-refractivity contribution < 1.29 is 4.74 Å². The molecule has 1 aromatic carbocycles. The van der Waals surface area contributed by atoms with Crippen LogP contribution in [0.25, 0.3) is 0 Å². The quantitative estimate of drug-likeness (QED) is 0.870. The van der Waals surface area contributed by atoms with Crippen LogP contribution < -0.4 is 10.1 Å². The first kappa shape index (κ1) is 11.8. The van der Waals surface area contributed by atoms with Crippen LogP contribution in [0.1, 0.15) is 20.3 Å². The molecule has 1 aliphatic rings. The number of ether oxygens (including phenoxy) is 1. The number of nitrogens with one attached hydrogen (secondary N) is 1. The summed E-state index contributed by atoms with van der Waals surface area (Å²) >= 11 is 1.90. The third-order valence-electron chi connectivity index (χ3n) is 2.89. The molecule has 0 saturated carbocycles. The summed E-state index contributed by atoms with van der Waals surface area (Å²) in [5.41, 5.74) is 0. The fourth-order valence-electron chi connectivity index (χ4n) is 2.03. The summed E-state index contributed by atoms with van der Waals surface area (Å²) in [4.78, 5) is 1.27. The SMILES string of the molecule is CCNC(CC)C1CSc2ccccc2O1. The van der Waals surface area contributed by atoms with Gasteiger partial charge in [-0.3, -0.25) is 0 Å². The van der Waals surface area contributed by atoms with Gasteiger partial charge in [0.1, 0.15) is 11.9 Å². The molecule has 0 amide bonds. The van der Waals surface area contributed by atoms with Gasteiger partial charge in [0.25, 0.3) is 0 Å². The van der Waals surface area contributed by atoms with E-state index in [2.05, 4.69) is 37.4 Å². The Balaban J connectivity index is 2.06. The highest BCUT2D eigenvalue weighted by atomic mass is 32.2. The van der Waals surface area contributed by atoms with E-state index in [0.29, 0.717) is 12.1 Å². The summed E-state index contributed by atoms with van der Waals surface area (Å²) in [5, 5.41) is 3.49. The van der Waals surface area contributed by atoms with Gasteiger partial charge < -0.3 is 10.1 Å². The van der Waals surface area contributed by atoms with Gasteiger partial charge in [0.05, 0.1) is 0 Å². The minimum absolute atomic E-state index is 0.296. The number of para-hydroxylation sites is 1. The van der Waals surface area contributed by atoms with Crippen molar-refractivity contribution in [3.63, 3.8) is 0 Å². The van der Waals surface area contributed by atoms with Crippen molar-refractivity contribution in [1.29, 1.82) is 0 Å². The van der Waals surface area contributed by atoms with Crippen molar-refractivity contribution in [3.8, 4) is 5.75 Å². The van der Waals surface area contributed by atoms with E-state index in [1.54, 1.807) is 0 Å². The Morgan fingerprint density at radius 1 is 1.44 bits per heavy atom. The molecule has 0 radical (unpaired) electrons. The zero-order valence-corrected chi connectivity index (χ0v) is 10.7. The predicted octanol–water partition coefficient (Wildman–Crippen LogP) is 2.93. The standard InChI is InChI=1S/C13H19NOS/c1-3-10(14-4-2)12-9-16-13-8-6-5-7-11(13)15-12/h5-8,10,12,14H,3-4,9H2,1-2H3. The first-order valence-corrected chi connectivity index (χ1v) is 6.95. The highest BCUT2D eigenvalue weighted by molar-refractivity contribution is 7.99. The molecule has 0 aliphatic carbocycles. The Morgan fingerprint density at radius 2 is 2.25 bits per heavy atom. The Labute approximate surface area is 102 Å². The fourth-order valence-corrected chi connectivity index (χ4v) is 3.11. The number of rotatable bonds is 4. The first-order chi connectivity index (χ1) is 7.85. The fraction of sp³-hybridized carbons (Fsp3) is 0.538. The smallest absolute Gasteiger partial charge is 0.133 e. The summed E-state index contributed by atoms with van der Waals surface area (Å²) in [6.07, 6.45) is 1.41. The van der Waals surface area contributed by atoms with Gasteiger partial charge >= 0.3 is 0 Å². The van der Waals surface area contributed by atoms with Crippen LogP contribution in [0.2, 0.25) is 0 Å². The zero-order chi connectivity index (χ0) is 11.4. The number of likely N-dealkylation sites (N-methyl/N-ethyl adjacent to an activating group) is 1. The number of hydrogen-bond acceptors (Lipinski definition) is 3. The molecule has 1 N–H and O–H groups in total. The number of hydrogen-bond donors (Lipinski definition) is 1. The molecule has 2 atom stereocenters. The van der Waals surface area contributed by atoms with Crippen molar-refractivity contribution in [2.75, 3.05) is 12.3 Å². The Morgan fingerprint density at radius 3 is 3.00 bits per heavy atom. The van der Waals surface area contributed by atoms with Crippen molar-refractivity contribution in [3.05, 3.63) is 24.3 Å². The van der Waals surface area contributed by atoms with Gasteiger partial charge in [-0.2, -0.15) is 0 Å². The largest absolute Gasteiger partial charge is 0.487 e. The highest BCUT2D eigenvalue weighted by Gasteiger charge is 2.26. The first-order valence-electron chi connectivity index (χ1n) is 5.97. The number of thioether (sulfide) groups is 1. The molecule has 2 nitrogen and oxygen atoms in total. The van der Waals surface area contributed by atoms with Crippen LogP contribution in [-0.2, 0) is 0 Å². The lowest BCUT2D eigenvalue weighted by Gasteiger charge is -2.31. The molecule has 3 heteroatoms. The number of benzene rings is 1. The molecule has 2 rings (SSSR count). The number of fused-ring (bicyclic) bond motifs is 1. The Hall–Kier alpha value is -0.670. The lowest BCUT2D eigenvalue weighted by molar-refractivity contribution is 0.164. The topological polar surface area (TPSA) is 21.3 Å². The van der Waals surface area contributed by atoms with Crippen LogP contribution in [0.3, 0.4) is 0 Å². The maximum Gasteiger partial charge on any atom is 0.133 e. The van der Waals surface area contributed by atoms with E-state index in [0.717, 1.165) is 24.5 Å². The van der Waals surface area contributed by atoms with Crippen LogP contribution in [-0.4, -0.2) is 24.4 Å². The zero-order valence-electron chi connectivity index (χ0n) is 9.90. The second-order valence-corrected chi connectivity index (χ2v) is 5.05. The van der Waals surface area contributed by atoms with E-state index in [-0.39, 0.29) is 0 Å². The van der Waals surface area contributed by atoms with Gasteiger partial charge in [0, 0.05) is 16.7 Å². The van der Waals surface area contributed by atoms with Gasteiger partial charge in [-0.15, -0.1) is 11.8 Å². The Bertz CT molecular complexity index is 342. The Kier molecular flexibility index (Phi) is 4.13. The van der Waals surface area contributed by atoms with Crippen LogP contribution in [0.4, 0.5) is 0 Å². The molecular formula is C13H19NOS. The van der Waals surface area contributed by atoms with Crippen LogP contribution in [0.5, 0.6) is 5.75 Å². The van der Waals surface area contributed by atoms with Gasteiger partial charge in [0.2, 0.25) is 0 Å². The normalized spacial score (nSPS) is 21.0. The van der Waals surface area contributed by atoms with Crippen molar-refractivity contribution in [2.45, 2.75) is 37.3 Å². The van der Waals surface area contributed by atoms with Gasteiger partial charge in [-0.25, -0.2) is 0 Å². The van der Waals surface area contributed by atoms with Gasteiger partial charge in [-0.05, 0) is 25.1 Å². The van der Waals surface area contributed by atoms with E-state index in [1.807, 2.05) is 17.8 Å². The molecule has 0 fully saturated rings. The van der Waals surface area contributed by atoms with E-state index in [4.69, 9.17) is 4.74 Å². The van der Waals surface area contributed by atoms with E-state index in [9.17, 15) is 0 Å². The molecule has 0 aromatic heterocycles. The summed E-state index contributed by atoms with van der Waals surface area (Å²) in [5.74, 6) is 2.09. The van der Waals surface area contributed by atoms with Crippen molar-refractivity contribution in [1.82, 2.24) is 5.32 Å². The average molecular weight is 237 g/mol. The second kappa shape index (κ2) is 5.60. The predicted molar refractivity (Wildman–Crippen MR) is 69.3 cm³/mol.